The number of hydrogen-bond acceptors (Lipinski definition) is 5. The van der Waals surface area contributed by atoms with E-state index in [1.165, 1.54) is 0 Å². The summed E-state index contributed by atoms with van der Waals surface area (Å²) < 4.78 is 4.92. The van der Waals surface area contributed by atoms with Crippen LogP contribution in [0.3, 0.4) is 0 Å². The van der Waals surface area contributed by atoms with Crippen molar-refractivity contribution < 1.29 is 14.2 Å². The first-order valence-electron chi connectivity index (χ1n) is 6.73. The van der Waals surface area contributed by atoms with Crippen LogP contribution in [0.25, 0.3) is 0 Å². The zero-order chi connectivity index (χ0) is 15.7. The quantitative estimate of drug-likeness (QED) is 0.942. The number of rotatable bonds is 3. The van der Waals surface area contributed by atoms with Gasteiger partial charge in [0, 0.05) is 23.1 Å². The molecule has 0 fully saturated rings. The van der Waals surface area contributed by atoms with Gasteiger partial charge in [0.1, 0.15) is 5.76 Å². The molecule has 1 aliphatic heterocycles. The zero-order valence-corrected chi connectivity index (χ0v) is 12.8. The zero-order valence-electron chi connectivity index (χ0n) is 12.1. The van der Waals surface area contributed by atoms with Crippen molar-refractivity contribution in [1.82, 2.24) is 5.16 Å². The van der Waals surface area contributed by atoms with Crippen LogP contribution in [0, 0.1) is 6.92 Å². The summed E-state index contributed by atoms with van der Waals surface area (Å²) in [7, 11) is 0. The number of benzene rings is 1. The largest absolute Gasteiger partial charge is 0.379 e. The smallest absolute Gasteiger partial charge is 0.272 e. The average molecular weight is 320 g/mol. The van der Waals surface area contributed by atoms with Crippen LogP contribution in [0.2, 0.25) is 5.02 Å². The lowest BCUT2D eigenvalue weighted by Crippen LogP contribution is -2.40. The van der Waals surface area contributed by atoms with Crippen molar-refractivity contribution in [2.24, 2.45) is 5.16 Å². The Morgan fingerprint density at radius 2 is 2.18 bits per heavy atom. The first kappa shape index (κ1) is 14.6. The molecule has 114 valence electrons. The highest BCUT2D eigenvalue weighted by molar-refractivity contribution is 6.34. The Balaban J connectivity index is 1.74. The van der Waals surface area contributed by atoms with E-state index in [4.69, 9.17) is 21.0 Å². The minimum absolute atomic E-state index is 0.319. The molecule has 1 N–H and O–H groups in total. The number of amides is 1. The maximum Gasteiger partial charge on any atom is 0.272 e. The fraction of sp³-hybridized carbons (Fsp3) is 0.267. The molecular weight excluding hydrogens is 306 g/mol. The molecule has 0 spiro atoms. The number of anilines is 1. The number of aryl methyl sites for hydroxylation is 1. The predicted octanol–water partition coefficient (Wildman–Crippen LogP) is 3.16. The number of carbonyl (C=O) groups is 1. The van der Waals surface area contributed by atoms with E-state index >= 15 is 0 Å². The predicted molar refractivity (Wildman–Crippen MR) is 82.0 cm³/mol. The highest BCUT2D eigenvalue weighted by atomic mass is 35.5. The van der Waals surface area contributed by atoms with Crippen molar-refractivity contribution in [2.75, 3.05) is 5.32 Å². The fourth-order valence-electron chi connectivity index (χ4n) is 2.18. The Bertz CT molecular complexity index is 756. The molecule has 0 saturated carbocycles. The summed E-state index contributed by atoms with van der Waals surface area (Å²) in [6.45, 7) is 3.41. The first-order valence-corrected chi connectivity index (χ1v) is 7.10. The molecule has 22 heavy (non-hydrogen) atoms. The third-order valence-corrected chi connectivity index (χ3v) is 3.73. The third-order valence-electron chi connectivity index (χ3n) is 3.40. The molecule has 0 unspecified atom stereocenters. The van der Waals surface area contributed by atoms with Gasteiger partial charge < -0.3 is 14.7 Å². The van der Waals surface area contributed by atoms with E-state index < -0.39 is 5.60 Å². The van der Waals surface area contributed by atoms with Crippen LogP contribution >= 0.6 is 11.6 Å². The highest BCUT2D eigenvalue weighted by Crippen LogP contribution is 2.30. The molecule has 1 aliphatic rings. The average Bonchev–Trinajstić information content (AvgIpc) is 3.07. The van der Waals surface area contributed by atoms with Gasteiger partial charge in [-0.15, -0.1) is 0 Å². The number of aromatic nitrogens is 1. The van der Waals surface area contributed by atoms with Gasteiger partial charge in [-0.3, -0.25) is 4.79 Å². The van der Waals surface area contributed by atoms with E-state index in [9.17, 15) is 4.79 Å². The van der Waals surface area contributed by atoms with Gasteiger partial charge in [-0.05, 0) is 19.9 Å². The Morgan fingerprint density at radius 3 is 2.86 bits per heavy atom. The summed E-state index contributed by atoms with van der Waals surface area (Å²) in [6.07, 6.45) is 0.319. The molecule has 0 saturated heterocycles. The van der Waals surface area contributed by atoms with Gasteiger partial charge >= 0.3 is 0 Å². The summed E-state index contributed by atoms with van der Waals surface area (Å²) >= 11 is 6.15. The molecule has 1 amide bonds. The lowest BCUT2D eigenvalue weighted by atomic mass is 9.95. The van der Waals surface area contributed by atoms with Crippen LogP contribution in [0.5, 0.6) is 0 Å². The van der Waals surface area contributed by atoms with Crippen LogP contribution in [0.4, 0.5) is 5.82 Å². The van der Waals surface area contributed by atoms with Crippen LogP contribution in [0.15, 0.2) is 40.0 Å². The molecule has 2 heterocycles. The van der Waals surface area contributed by atoms with Gasteiger partial charge in [-0.2, -0.15) is 0 Å². The molecule has 6 nitrogen and oxygen atoms in total. The van der Waals surface area contributed by atoms with E-state index in [-0.39, 0.29) is 5.91 Å². The molecule has 0 aliphatic carbocycles. The Hall–Kier alpha value is -2.34. The molecule has 2 aromatic rings. The SMILES string of the molecule is Cc1cc(NC(=O)[C@@]2(C)CC(c3ccccc3Cl)=NO2)no1. The maximum absolute atomic E-state index is 12.4. The number of nitrogens with zero attached hydrogens (tertiary/aromatic N) is 2. The molecule has 0 radical (unpaired) electrons. The van der Waals surface area contributed by atoms with Gasteiger partial charge in [-0.25, -0.2) is 0 Å². The van der Waals surface area contributed by atoms with Crippen LogP contribution in [-0.2, 0) is 9.63 Å². The number of carbonyl (C=O) groups excluding carboxylic acids is 1. The van der Waals surface area contributed by atoms with Gasteiger partial charge in [-0.1, -0.05) is 40.1 Å². The summed E-state index contributed by atoms with van der Waals surface area (Å²) in [4.78, 5) is 17.7. The fourth-order valence-corrected chi connectivity index (χ4v) is 2.42. The second-order valence-electron chi connectivity index (χ2n) is 5.29. The van der Waals surface area contributed by atoms with Crippen LogP contribution in [0.1, 0.15) is 24.7 Å². The molecule has 0 bridgehead atoms. The Kier molecular flexibility index (Phi) is 3.62. The summed E-state index contributed by atoms with van der Waals surface area (Å²) in [5, 5.41) is 11.0. The van der Waals surface area contributed by atoms with Crippen LogP contribution < -0.4 is 5.32 Å². The first-order chi connectivity index (χ1) is 10.5. The van der Waals surface area contributed by atoms with E-state index in [1.54, 1.807) is 26.0 Å². The Labute approximate surface area is 132 Å². The standard InChI is InChI=1S/C15H14ClN3O3/c1-9-7-13(19-21-9)17-14(20)15(2)8-12(18-22-15)10-5-3-4-6-11(10)16/h3-7H,8H2,1-2H3,(H,17,19,20)/t15-/m1/s1. The molecule has 1 aromatic carbocycles. The third kappa shape index (κ3) is 2.69. The number of oxime groups is 1. The molecule has 1 atom stereocenters. The van der Waals surface area contributed by atoms with E-state index in [1.807, 2.05) is 18.2 Å². The van der Waals surface area contributed by atoms with Crippen molar-refractivity contribution in [3.8, 4) is 0 Å². The number of halogens is 1. The minimum Gasteiger partial charge on any atom is -0.379 e. The van der Waals surface area contributed by atoms with Crippen LogP contribution in [-0.4, -0.2) is 22.4 Å². The van der Waals surface area contributed by atoms with E-state index in [2.05, 4.69) is 15.6 Å². The molecular formula is C15H14ClN3O3. The van der Waals surface area contributed by atoms with Crippen molar-refractivity contribution in [1.29, 1.82) is 0 Å². The number of hydrogen-bond donors (Lipinski definition) is 1. The van der Waals surface area contributed by atoms with E-state index in [0.29, 0.717) is 28.7 Å². The lowest BCUT2D eigenvalue weighted by Gasteiger charge is -2.19. The molecule has 3 rings (SSSR count). The topological polar surface area (TPSA) is 76.7 Å². The van der Waals surface area contributed by atoms with Crippen molar-refractivity contribution in [3.05, 3.63) is 46.7 Å². The summed E-state index contributed by atoms with van der Waals surface area (Å²) in [5.74, 6) is 0.617. The monoisotopic (exact) mass is 319 g/mol. The lowest BCUT2D eigenvalue weighted by molar-refractivity contribution is -0.136. The second-order valence-corrected chi connectivity index (χ2v) is 5.70. The highest BCUT2D eigenvalue weighted by Gasteiger charge is 2.42. The van der Waals surface area contributed by atoms with Gasteiger partial charge in [0.2, 0.25) is 5.60 Å². The molecule has 1 aromatic heterocycles. The van der Waals surface area contributed by atoms with Crippen molar-refractivity contribution >= 4 is 29.0 Å². The molecule has 7 heteroatoms. The minimum atomic E-state index is -1.11. The van der Waals surface area contributed by atoms with E-state index in [0.717, 1.165) is 5.56 Å². The van der Waals surface area contributed by atoms with Gasteiger partial charge in [0.15, 0.2) is 5.82 Å². The normalized spacial score (nSPS) is 20.4. The van der Waals surface area contributed by atoms with Gasteiger partial charge in [0.25, 0.3) is 5.91 Å². The summed E-state index contributed by atoms with van der Waals surface area (Å²) in [6, 6.07) is 8.94. The Morgan fingerprint density at radius 1 is 1.41 bits per heavy atom. The van der Waals surface area contributed by atoms with Crippen molar-refractivity contribution in [2.45, 2.75) is 25.9 Å². The van der Waals surface area contributed by atoms with Crippen molar-refractivity contribution in [3.63, 3.8) is 0 Å². The summed E-state index contributed by atoms with van der Waals surface area (Å²) in [5.41, 5.74) is 0.291. The number of nitrogens with one attached hydrogen (secondary N) is 1. The van der Waals surface area contributed by atoms with Gasteiger partial charge in [0.05, 0.1) is 5.71 Å². The maximum atomic E-state index is 12.4. The second kappa shape index (κ2) is 5.46.